The maximum atomic E-state index is 14.2. The van der Waals surface area contributed by atoms with Gasteiger partial charge in [-0.3, -0.25) is 9.98 Å². The van der Waals surface area contributed by atoms with Gasteiger partial charge in [0.1, 0.15) is 0 Å². The molecule has 1 fully saturated rings. The van der Waals surface area contributed by atoms with Crippen molar-refractivity contribution in [2.75, 3.05) is 12.4 Å². The Morgan fingerprint density at radius 2 is 1.73 bits per heavy atom. The Morgan fingerprint density at radius 1 is 0.950 bits per heavy atom. The number of nitrogens with one attached hydrogen (secondary N) is 1. The fourth-order valence-electron chi connectivity index (χ4n) is 5.42. The van der Waals surface area contributed by atoms with Crippen LogP contribution in [0.15, 0.2) is 90.2 Å². The summed E-state index contributed by atoms with van der Waals surface area (Å²) in [5.41, 5.74) is 3.06. The number of anilines is 2. The summed E-state index contributed by atoms with van der Waals surface area (Å²) in [6.45, 7) is 0. The Kier molecular flexibility index (Phi) is 6.98. The normalized spacial score (nSPS) is 18.4. The molecule has 40 heavy (non-hydrogen) atoms. The number of rotatable bonds is 5. The van der Waals surface area contributed by atoms with E-state index in [2.05, 4.69) is 10.3 Å². The van der Waals surface area contributed by atoms with Crippen LogP contribution >= 0.6 is 0 Å². The molecular weight excluding hydrogens is 515 g/mol. The second-order valence-corrected chi connectivity index (χ2v) is 9.97. The van der Waals surface area contributed by atoms with Gasteiger partial charge < -0.3 is 14.6 Å². The Morgan fingerprint density at radius 3 is 2.48 bits per heavy atom. The van der Waals surface area contributed by atoms with Crippen LogP contribution in [0.25, 0.3) is 28.1 Å². The van der Waals surface area contributed by atoms with Crippen molar-refractivity contribution in [3.05, 3.63) is 96.1 Å². The van der Waals surface area contributed by atoms with Crippen LogP contribution in [0.5, 0.6) is 0 Å². The van der Waals surface area contributed by atoms with Crippen molar-refractivity contribution in [1.82, 2.24) is 14.5 Å². The summed E-state index contributed by atoms with van der Waals surface area (Å²) in [4.78, 5) is 14.2. The predicted molar refractivity (Wildman–Crippen MR) is 149 cm³/mol. The molecule has 0 radical (unpaired) electrons. The molecular formula is C31H28F3N5O. The highest BCUT2D eigenvalue weighted by Gasteiger charge is 2.34. The zero-order valence-corrected chi connectivity index (χ0v) is 21.9. The van der Waals surface area contributed by atoms with Crippen LogP contribution in [0.2, 0.25) is 0 Å². The van der Waals surface area contributed by atoms with Gasteiger partial charge in [-0.1, -0.05) is 24.3 Å². The van der Waals surface area contributed by atoms with Crippen molar-refractivity contribution >= 4 is 22.4 Å². The first-order chi connectivity index (χ1) is 19.4. The van der Waals surface area contributed by atoms with Gasteiger partial charge in [0.05, 0.1) is 68.7 Å². The summed E-state index contributed by atoms with van der Waals surface area (Å²) in [5, 5.41) is 4.07. The summed E-state index contributed by atoms with van der Waals surface area (Å²) in [6.07, 6.45) is 2.67. The van der Waals surface area contributed by atoms with E-state index in [9.17, 15) is 13.2 Å². The monoisotopic (exact) mass is 543 g/mol. The van der Waals surface area contributed by atoms with Crippen LogP contribution in [0.1, 0.15) is 31.2 Å². The minimum absolute atomic E-state index is 0.0399. The van der Waals surface area contributed by atoms with Crippen LogP contribution in [0.3, 0.4) is 0 Å². The van der Waals surface area contributed by atoms with Gasteiger partial charge in [-0.2, -0.15) is 13.2 Å². The number of nitrogens with zero attached hydrogens (tertiary/aromatic N) is 4. The van der Waals surface area contributed by atoms with Crippen molar-refractivity contribution in [2.24, 2.45) is 4.99 Å². The molecule has 1 aromatic heterocycles. The second-order valence-electron chi connectivity index (χ2n) is 9.97. The number of methoxy groups -OCH3 is 1. The van der Waals surface area contributed by atoms with Gasteiger partial charge in [0.2, 0.25) is 0 Å². The minimum atomic E-state index is -4.53. The lowest BCUT2D eigenvalue weighted by Gasteiger charge is -2.26. The van der Waals surface area contributed by atoms with E-state index < -0.39 is 11.7 Å². The molecule has 0 unspecified atom stereocenters. The quantitative estimate of drug-likeness (QED) is 0.239. The SMILES string of the molecule is COC1CCC(N=c2cc3n(-c4ccccc4C(F)(F)F)c4ccccc4nc-3cc2Nc2cccnc2)CC1. The zero-order chi connectivity index (χ0) is 27.7. The van der Waals surface area contributed by atoms with E-state index in [1.165, 1.54) is 12.1 Å². The first-order valence-electron chi connectivity index (χ1n) is 13.3. The number of aromatic nitrogens is 3. The fraction of sp³-hybridized carbons (Fsp3) is 0.258. The van der Waals surface area contributed by atoms with Gasteiger partial charge in [-0.25, -0.2) is 4.98 Å². The number of halogens is 3. The lowest BCUT2D eigenvalue weighted by molar-refractivity contribution is -0.137. The van der Waals surface area contributed by atoms with Gasteiger partial charge in [0.25, 0.3) is 0 Å². The highest BCUT2D eigenvalue weighted by molar-refractivity contribution is 5.84. The maximum Gasteiger partial charge on any atom is 0.418 e. The number of hydrogen-bond donors (Lipinski definition) is 1. The van der Waals surface area contributed by atoms with Crippen molar-refractivity contribution in [2.45, 2.75) is 44.0 Å². The molecule has 9 heteroatoms. The third-order valence-corrected chi connectivity index (χ3v) is 7.39. The van der Waals surface area contributed by atoms with Crippen molar-refractivity contribution in [3.8, 4) is 17.1 Å². The summed E-state index contributed by atoms with van der Waals surface area (Å²) < 4.78 is 49.8. The summed E-state index contributed by atoms with van der Waals surface area (Å²) in [6, 6.07) is 20.4. The van der Waals surface area contributed by atoms with E-state index in [1.54, 1.807) is 42.3 Å². The molecule has 0 amide bonds. The molecule has 6 nitrogen and oxygen atoms in total. The molecule has 204 valence electrons. The Balaban J connectivity index is 1.62. The standard InChI is InChI=1S/C31H28F3N5O/c1-40-22-14-12-20(13-15-22)36-26-18-30-27(17-25(26)37-21-7-6-16-35-19-21)38-24-9-3-5-11-29(24)39(30)28-10-4-2-8-23(28)31(32,33)34/h2-11,16-20,22,37H,12-15H2,1H3. The predicted octanol–water partition coefficient (Wildman–Crippen LogP) is 7.15. The average molecular weight is 544 g/mol. The number of para-hydroxylation sites is 3. The van der Waals surface area contributed by atoms with Crippen molar-refractivity contribution < 1.29 is 17.9 Å². The Labute approximate surface area is 229 Å². The zero-order valence-electron chi connectivity index (χ0n) is 21.9. The topological polar surface area (TPSA) is 64.3 Å². The molecule has 0 bridgehead atoms. The summed E-state index contributed by atoms with van der Waals surface area (Å²) >= 11 is 0. The molecule has 6 rings (SSSR count). The van der Waals surface area contributed by atoms with Gasteiger partial charge in [-0.05, 0) is 74.2 Å². The van der Waals surface area contributed by atoms with Crippen LogP contribution in [0, 0.1) is 0 Å². The Bertz CT molecular complexity index is 1670. The van der Waals surface area contributed by atoms with E-state index in [1.807, 2.05) is 36.4 Å². The molecule has 1 N–H and O–H groups in total. The molecule has 0 spiro atoms. The molecule has 0 saturated heterocycles. The third-order valence-electron chi connectivity index (χ3n) is 7.39. The highest BCUT2D eigenvalue weighted by atomic mass is 19.4. The van der Waals surface area contributed by atoms with Gasteiger partial charge in [0.15, 0.2) is 0 Å². The minimum Gasteiger partial charge on any atom is -0.381 e. The van der Waals surface area contributed by atoms with Crippen molar-refractivity contribution in [1.29, 1.82) is 0 Å². The van der Waals surface area contributed by atoms with E-state index in [4.69, 9.17) is 14.7 Å². The van der Waals surface area contributed by atoms with E-state index >= 15 is 0 Å². The molecule has 2 heterocycles. The number of alkyl halides is 3. The summed E-state index contributed by atoms with van der Waals surface area (Å²) in [5.74, 6) is 0. The molecule has 0 atom stereocenters. The second kappa shape index (κ2) is 10.7. The molecule has 2 aliphatic carbocycles. The van der Waals surface area contributed by atoms with Gasteiger partial charge >= 0.3 is 6.18 Å². The number of ether oxygens (including phenoxy) is 1. The van der Waals surface area contributed by atoms with E-state index in [0.29, 0.717) is 33.5 Å². The van der Waals surface area contributed by atoms with Crippen molar-refractivity contribution in [3.63, 3.8) is 0 Å². The Hall–Kier alpha value is -4.24. The van der Waals surface area contributed by atoms with E-state index in [0.717, 1.165) is 37.4 Å². The lowest BCUT2D eigenvalue weighted by Crippen LogP contribution is -2.25. The number of hydrogen-bond acceptors (Lipinski definition) is 5. The van der Waals surface area contributed by atoms with Crippen LogP contribution in [-0.2, 0) is 10.9 Å². The fourth-order valence-corrected chi connectivity index (χ4v) is 5.42. The van der Waals surface area contributed by atoms with Gasteiger partial charge in [-0.15, -0.1) is 0 Å². The average Bonchev–Trinajstić information content (AvgIpc) is 2.97. The molecule has 3 aliphatic rings. The van der Waals surface area contributed by atoms with Gasteiger partial charge in [0, 0.05) is 13.3 Å². The highest BCUT2D eigenvalue weighted by Crippen LogP contribution is 2.38. The molecule has 2 aromatic carbocycles. The first kappa shape index (κ1) is 26.0. The molecule has 3 aromatic rings. The molecule has 1 saturated carbocycles. The smallest absolute Gasteiger partial charge is 0.381 e. The third kappa shape index (κ3) is 5.16. The lowest BCUT2D eigenvalue weighted by atomic mass is 9.93. The van der Waals surface area contributed by atoms with Crippen LogP contribution < -0.4 is 10.7 Å². The first-order valence-corrected chi connectivity index (χ1v) is 13.3. The number of fused-ring (bicyclic) bond motifs is 2. The van der Waals surface area contributed by atoms with Crippen LogP contribution in [-0.4, -0.2) is 33.8 Å². The number of pyridine rings is 1. The molecule has 1 aliphatic heterocycles. The number of benzene rings is 3. The summed E-state index contributed by atoms with van der Waals surface area (Å²) in [7, 11) is 1.73. The largest absolute Gasteiger partial charge is 0.418 e. The maximum absolute atomic E-state index is 14.2. The van der Waals surface area contributed by atoms with Crippen LogP contribution in [0.4, 0.5) is 24.5 Å². The van der Waals surface area contributed by atoms with E-state index in [-0.39, 0.29) is 17.8 Å².